The lowest BCUT2D eigenvalue weighted by atomic mass is 10.1. The molecule has 2 aromatic rings. The number of halogens is 2. The molecule has 0 bridgehead atoms. The van der Waals surface area contributed by atoms with Gasteiger partial charge in [0.1, 0.15) is 0 Å². The summed E-state index contributed by atoms with van der Waals surface area (Å²) in [4.78, 5) is 37.8. The minimum absolute atomic E-state index is 0.0783. The summed E-state index contributed by atoms with van der Waals surface area (Å²) in [6.45, 7) is 0.213. The largest absolute Gasteiger partial charge is 0.465 e. The standard InChI is InChI=1S/C19H16Cl2N2O4/c1-27-19(26)11-2-5-14(6-3-11)22-18(25)12-8-17(24)23(10-12)16-9-13(20)4-7-15(16)21/h2-7,9,12H,8,10H2,1H3,(H,22,25)/t12-/m0/s1. The highest BCUT2D eigenvalue weighted by atomic mass is 35.5. The Hall–Kier alpha value is -2.57. The van der Waals surface area contributed by atoms with Crippen LogP contribution in [0.15, 0.2) is 42.5 Å². The molecular formula is C19H16Cl2N2O4. The summed E-state index contributed by atoms with van der Waals surface area (Å²) in [5.41, 5.74) is 1.40. The summed E-state index contributed by atoms with van der Waals surface area (Å²) >= 11 is 12.1. The van der Waals surface area contributed by atoms with Crippen molar-refractivity contribution in [3.05, 3.63) is 58.1 Å². The molecule has 0 spiro atoms. The monoisotopic (exact) mass is 406 g/mol. The number of hydrogen-bond donors (Lipinski definition) is 1. The molecule has 0 aromatic heterocycles. The Morgan fingerprint density at radius 2 is 1.85 bits per heavy atom. The molecule has 0 aliphatic carbocycles. The lowest BCUT2D eigenvalue weighted by molar-refractivity contribution is -0.122. The number of ether oxygens (including phenoxy) is 1. The topological polar surface area (TPSA) is 75.7 Å². The van der Waals surface area contributed by atoms with Crippen molar-refractivity contribution in [3.8, 4) is 0 Å². The first-order valence-corrected chi connectivity index (χ1v) is 8.89. The van der Waals surface area contributed by atoms with Crippen molar-refractivity contribution >= 4 is 52.4 Å². The summed E-state index contributed by atoms with van der Waals surface area (Å²) in [7, 11) is 1.30. The summed E-state index contributed by atoms with van der Waals surface area (Å²) in [6.07, 6.45) is 0.0783. The molecular weight excluding hydrogens is 391 g/mol. The first kappa shape index (κ1) is 19.2. The van der Waals surface area contributed by atoms with E-state index in [2.05, 4.69) is 10.1 Å². The van der Waals surface area contributed by atoms with Crippen LogP contribution >= 0.6 is 23.2 Å². The predicted molar refractivity (Wildman–Crippen MR) is 103 cm³/mol. The van der Waals surface area contributed by atoms with Gasteiger partial charge >= 0.3 is 5.97 Å². The van der Waals surface area contributed by atoms with Gasteiger partial charge in [-0.3, -0.25) is 9.59 Å². The summed E-state index contributed by atoms with van der Waals surface area (Å²) in [6, 6.07) is 11.2. The second-order valence-corrected chi connectivity index (χ2v) is 6.90. The molecule has 2 aromatic carbocycles. The van der Waals surface area contributed by atoms with Crippen molar-refractivity contribution in [1.82, 2.24) is 0 Å². The highest BCUT2D eigenvalue weighted by Crippen LogP contribution is 2.33. The highest BCUT2D eigenvalue weighted by Gasteiger charge is 2.36. The van der Waals surface area contributed by atoms with E-state index in [-0.39, 0.29) is 24.8 Å². The van der Waals surface area contributed by atoms with Gasteiger partial charge < -0.3 is 15.0 Å². The second-order valence-electron chi connectivity index (χ2n) is 6.06. The number of amides is 2. The molecule has 6 nitrogen and oxygen atoms in total. The first-order chi connectivity index (χ1) is 12.9. The van der Waals surface area contributed by atoms with Crippen molar-refractivity contribution in [1.29, 1.82) is 0 Å². The average molecular weight is 407 g/mol. The number of hydrogen-bond acceptors (Lipinski definition) is 4. The third kappa shape index (κ3) is 4.23. The van der Waals surface area contributed by atoms with Gasteiger partial charge in [0.2, 0.25) is 11.8 Å². The van der Waals surface area contributed by atoms with Crippen LogP contribution in [0.1, 0.15) is 16.8 Å². The fraction of sp³-hybridized carbons (Fsp3) is 0.211. The molecule has 0 saturated carbocycles. The van der Waals surface area contributed by atoms with Gasteiger partial charge in [0.15, 0.2) is 0 Å². The van der Waals surface area contributed by atoms with Crippen molar-refractivity contribution in [2.75, 3.05) is 23.9 Å². The van der Waals surface area contributed by atoms with Gasteiger partial charge in [0.05, 0.1) is 29.3 Å². The minimum Gasteiger partial charge on any atom is -0.465 e. The maximum Gasteiger partial charge on any atom is 0.337 e. The lowest BCUT2D eigenvalue weighted by Gasteiger charge is -2.18. The van der Waals surface area contributed by atoms with Crippen molar-refractivity contribution in [2.24, 2.45) is 5.92 Å². The maximum absolute atomic E-state index is 12.5. The normalized spacial score (nSPS) is 16.3. The maximum atomic E-state index is 12.5. The van der Waals surface area contributed by atoms with Crippen LogP contribution in [0.5, 0.6) is 0 Å². The minimum atomic E-state index is -0.521. The molecule has 8 heteroatoms. The van der Waals surface area contributed by atoms with Crippen LogP contribution in [0.2, 0.25) is 10.0 Å². The van der Waals surface area contributed by atoms with Crippen molar-refractivity contribution in [2.45, 2.75) is 6.42 Å². The number of esters is 1. The van der Waals surface area contributed by atoms with E-state index < -0.39 is 11.9 Å². The lowest BCUT2D eigenvalue weighted by Crippen LogP contribution is -2.28. The number of rotatable bonds is 4. The van der Waals surface area contributed by atoms with Crippen LogP contribution in [-0.2, 0) is 14.3 Å². The number of carbonyl (C=O) groups is 3. The number of methoxy groups -OCH3 is 1. The molecule has 3 rings (SSSR count). The molecule has 1 aliphatic rings. The quantitative estimate of drug-likeness (QED) is 0.783. The van der Waals surface area contributed by atoms with Crippen LogP contribution in [0.3, 0.4) is 0 Å². The van der Waals surface area contributed by atoms with E-state index in [9.17, 15) is 14.4 Å². The van der Waals surface area contributed by atoms with E-state index in [0.717, 1.165) is 0 Å². The zero-order valence-electron chi connectivity index (χ0n) is 14.4. The van der Waals surface area contributed by atoms with Gasteiger partial charge in [-0.25, -0.2) is 4.79 Å². The zero-order valence-corrected chi connectivity index (χ0v) is 15.9. The molecule has 0 radical (unpaired) electrons. The Morgan fingerprint density at radius 3 is 2.52 bits per heavy atom. The van der Waals surface area contributed by atoms with Gasteiger partial charge in [-0.1, -0.05) is 23.2 Å². The molecule has 1 aliphatic heterocycles. The fourth-order valence-corrected chi connectivity index (χ4v) is 3.25. The Bertz CT molecular complexity index is 899. The van der Waals surface area contributed by atoms with Crippen LogP contribution < -0.4 is 10.2 Å². The van der Waals surface area contributed by atoms with E-state index >= 15 is 0 Å². The number of benzene rings is 2. The summed E-state index contributed by atoms with van der Waals surface area (Å²) < 4.78 is 4.63. The number of anilines is 2. The average Bonchev–Trinajstić information content (AvgIpc) is 3.05. The third-order valence-corrected chi connectivity index (χ3v) is 4.82. The summed E-state index contributed by atoms with van der Waals surface area (Å²) in [5.74, 6) is -1.45. The Labute approximate surface area is 166 Å². The van der Waals surface area contributed by atoms with Crippen LogP contribution in [0.25, 0.3) is 0 Å². The molecule has 1 atom stereocenters. The number of nitrogens with one attached hydrogen (secondary N) is 1. The molecule has 1 fully saturated rings. The van der Waals surface area contributed by atoms with Crippen LogP contribution in [0, 0.1) is 5.92 Å². The van der Waals surface area contributed by atoms with Crippen molar-refractivity contribution < 1.29 is 19.1 Å². The van der Waals surface area contributed by atoms with E-state index in [4.69, 9.17) is 23.2 Å². The fourth-order valence-electron chi connectivity index (χ4n) is 2.86. The van der Waals surface area contributed by atoms with Gasteiger partial charge in [-0.05, 0) is 42.5 Å². The van der Waals surface area contributed by atoms with E-state index in [1.54, 1.807) is 42.5 Å². The molecule has 1 heterocycles. The Balaban J connectivity index is 1.69. The van der Waals surface area contributed by atoms with Gasteiger partial charge in [0, 0.05) is 23.7 Å². The zero-order chi connectivity index (χ0) is 19.6. The number of nitrogens with zero attached hydrogens (tertiary/aromatic N) is 1. The SMILES string of the molecule is COC(=O)c1ccc(NC(=O)[C@H]2CC(=O)N(c3cc(Cl)ccc3Cl)C2)cc1. The second kappa shape index (κ2) is 7.98. The van der Waals surface area contributed by atoms with Crippen molar-refractivity contribution in [3.63, 3.8) is 0 Å². The van der Waals surface area contributed by atoms with Gasteiger partial charge in [0.25, 0.3) is 0 Å². The molecule has 27 heavy (non-hydrogen) atoms. The van der Waals surface area contributed by atoms with E-state index in [1.165, 1.54) is 12.0 Å². The molecule has 1 saturated heterocycles. The smallest absolute Gasteiger partial charge is 0.337 e. The van der Waals surface area contributed by atoms with E-state index in [1.807, 2.05) is 0 Å². The van der Waals surface area contributed by atoms with E-state index in [0.29, 0.717) is 27.0 Å². The highest BCUT2D eigenvalue weighted by molar-refractivity contribution is 6.36. The Kier molecular flexibility index (Phi) is 5.68. The van der Waals surface area contributed by atoms with Crippen LogP contribution in [-0.4, -0.2) is 31.4 Å². The van der Waals surface area contributed by atoms with Crippen LogP contribution in [0.4, 0.5) is 11.4 Å². The first-order valence-electron chi connectivity index (χ1n) is 8.13. The van der Waals surface area contributed by atoms with Gasteiger partial charge in [-0.15, -0.1) is 0 Å². The molecule has 1 N–H and O–H groups in total. The number of carbonyl (C=O) groups excluding carboxylic acids is 3. The molecule has 140 valence electrons. The molecule has 2 amide bonds. The predicted octanol–water partition coefficient (Wildman–Crippen LogP) is 3.77. The van der Waals surface area contributed by atoms with Gasteiger partial charge in [-0.2, -0.15) is 0 Å². The third-order valence-electron chi connectivity index (χ3n) is 4.27. The summed E-state index contributed by atoms with van der Waals surface area (Å²) in [5, 5.41) is 3.61. The Morgan fingerprint density at radius 1 is 1.15 bits per heavy atom. The molecule has 0 unspecified atom stereocenters.